The number of rotatable bonds is 5. The lowest BCUT2D eigenvalue weighted by molar-refractivity contribution is 0.224. The molecule has 43 heavy (non-hydrogen) atoms. The second-order valence-electron chi connectivity index (χ2n) is 12.1. The number of aryl methyl sites for hydroxylation is 1. The van der Waals surface area contributed by atoms with Gasteiger partial charge in [0.25, 0.3) is 5.56 Å². The Balaban J connectivity index is 1.51. The molecule has 216 valence electrons. The minimum Gasteiger partial charge on any atom is -0.343 e. The Labute approximate surface area is 253 Å². The number of aromatic amines is 1. The molecule has 6 rings (SSSR count). The zero-order chi connectivity index (χ0) is 30.0. The zero-order valence-electron chi connectivity index (χ0n) is 25.2. The molecule has 0 amide bonds. The average molecular weight is 585 g/mol. The first-order valence-corrected chi connectivity index (χ1v) is 18.4. The van der Waals surface area contributed by atoms with Crippen LogP contribution < -0.4 is 5.56 Å². The molecule has 0 bridgehead atoms. The first-order valence-electron chi connectivity index (χ1n) is 14.9. The van der Waals surface area contributed by atoms with Crippen molar-refractivity contribution < 1.29 is 0 Å². The van der Waals surface area contributed by atoms with Crippen molar-refractivity contribution in [2.24, 2.45) is 10.3 Å². The van der Waals surface area contributed by atoms with Gasteiger partial charge in [0.1, 0.15) is 25.1 Å². The van der Waals surface area contributed by atoms with Gasteiger partial charge in [0, 0.05) is 24.3 Å². The number of nitrogens with one attached hydrogen (secondary N) is 1. The van der Waals surface area contributed by atoms with Crippen LogP contribution in [-0.4, -0.2) is 40.8 Å². The van der Waals surface area contributed by atoms with Gasteiger partial charge in [0.05, 0.1) is 16.7 Å². The topological polar surface area (TPSA) is 78.1 Å². The van der Waals surface area contributed by atoms with Gasteiger partial charge >= 0.3 is 0 Å². The molecule has 0 saturated carbocycles. The summed E-state index contributed by atoms with van der Waals surface area (Å²) in [4.78, 5) is 17.8. The maximum atomic E-state index is 14.2. The lowest BCUT2D eigenvalue weighted by atomic mass is 10.0. The molecule has 8 heteroatoms. The Hall–Kier alpha value is -4.74. The quantitative estimate of drug-likeness (QED) is 0.129. The van der Waals surface area contributed by atoms with Gasteiger partial charge in [-0.15, -0.1) is 10.7 Å². The van der Waals surface area contributed by atoms with Crippen LogP contribution in [0.5, 0.6) is 0 Å². The molecule has 1 aliphatic rings. The van der Waals surface area contributed by atoms with Gasteiger partial charge in [0.15, 0.2) is 0 Å². The van der Waals surface area contributed by atoms with Crippen LogP contribution in [0.25, 0.3) is 39.2 Å². The summed E-state index contributed by atoms with van der Waals surface area (Å²) in [5.41, 5.74) is 11.1. The molecular weight excluding hydrogens is 549 g/mol. The zero-order valence-corrected chi connectivity index (χ0v) is 26.2. The third-order valence-electron chi connectivity index (χ3n) is 7.55. The van der Waals surface area contributed by atoms with E-state index in [2.05, 4.69) is 46.4 Å². The highest BCUT2D eigenvalue weighted by atomic mass is 28.3. The van der Waals surface area contributed by atoms with E-state index in [4.69, 9.17) is 5.10 Å². The molecule has 0 aliphatic carbocycles. The Kier molecular flexibility index (Phi) is 7.83. The molecule has 0 unspecified atom stereocenters. The molecule has 5 aromatic rings. The van der Waals surface area contributed by atoms with Gasteiger partial charge in [0.2, 0.25) is 0 Å². The van der Waals surface area contributed by atoms with Gasteiger partial charge in [-0.1, -0.05) is 97.5 Å². The molecule has 1 aliphatic heterocycles. The minimum atomic E-state index is -1.67. The number of hydrogen-bond acceptors (Lipinski definition) is 4. The summed E-state index contributed by atoms with van der Waals surface area (Å²) in [6, 6.07) is 25.9. The van der Waals surface area contributed by atoms with Gasteiger partial charge < -0.3 is 4.98 Å². The molecule has 2 aromatic heterocycles. The molecule has 1 N–H and O–H groups in total. The number of nitrogens with zero attached hydrogens (tertiary/aromatic N) is 5. The molecule has 3 heterocycles. The maximum Gasteiger partial charge on any atom is 0.282 e. The Morgan fingerprint density at radius 2 is 1.51 bits per heavy atom. The van der Waals surface area contributed by atoms with Crippen molar-refractivity contribution in [3.63, 3.8) is 0 Å². The van der Waals surface area contributed by atoms with Gasteiger partial charge in [-0.3, -0.25) is 9.80 Å². The van der Waals surface area contributed by atoms with E-state index in [0.717, 1.165) is 65.1 Å². The maximum absolute atomic E-state index is 14.2. The van der Waals surface area contributed by atoms with E-state index >= 15 is 0 Å². The van der Waals surface area contributed by atoms with Crippen molar-refractivity contribution >= 4 is 19.4 Å². The normalized spacial score (nSPS) is 13.8. The van der Waals surface area contributed by atoms with Crippen molar-refractivity contribution in [2.45, 2.75) is 45.8 Å². The SMILES string of the molecule is Cc1[nH]c2c(-c3ccccc3)c(-c3ccccc3)nn2c(=O)c1-c1ccc(N=NN2CCCCC2)c(C#C[Si](C)(C)C)c1. The number of hydrogen-bond donors (Lipinski definition) is 1. The van der Waals surface area contributed by atoms with Gasteiger partial charge in [-0.25, -0.2) is 0 Å². The predicted octanol–water partition coefficient (Wildman–Crippen LogP) is 8.05. The summed E-state index contributed by atoms with van der Waals surface area (Å²) in [5, 5.41) is 16.0. The van der Waals surface area contributed by atoms with Crippen LogP contribution in [0.15, 0.2) is 94.0 Å². The number of fused-ring (bicyclic) bond motifs is 1. The van der Waals surface area contributed by atoms with Crippen LogP contribution in [0.2, 0.25) is 19.6 Å². The fourth-order valence-electron chi connectivity index (χ4n) is 5.41. The highest BCUT2D eigenvalue weighted by molar-refractivity contribution is 6.83. The summed E-state index contributed by atoms with van der Waals surface area (Å²) in [6.45, 7) is 10.4. The van der Waals surface area contributed by atoms with Crippen LogP contribution in [0.1, 0.15) is 30.5 Å². The number of benzene rings is 3. The smallest absolute Gasteiger partial charge is 0.282 e. The van der Waals surface area contributed by atoms with Crippen molar-refractivity contribution in [1.29, 1.82) is 0 Å². The predicted molar refractivity (Wildman–Crippen MR) is 177 cm³/mol. The van der Waals surface area contributed by atoms with Gasteiger partial charge in [-0.2, -0.15) is 9.61 Å². The monoisotopic (exact) mass is 584 g/mol. The fourth-order valence-corrected chi connectivity index (χ4v) is 5.92. The lowest BCUT2D eigenvalue weighted by Gasteiger charge is -2.21. The Morgan fingerprint density at radius 1 is 0.837 bits per heavy atom. The largest absolute Gasteiger partial charge is 0.343 e. The van der Waals surface area contributed by atoms with E-state index in [1.807, 2.05) is 90.8 Å². The first kappa shape index (κ1) is 28.4. The molecule has 0 atom stereocenters. The fraction of sp³-hybridized carbons (Fsp3) is 0.257. The van der Waals surface area contributed by atoms with E-state index in [9.17, 15) is 4.79 Å². The third-order valence-corrected chi connectivity index (χ3v) is 8.43. The minimum absolute atomic E-state index is 0.183. The second-order valence-corrected chi connectivity index (χ2v) is 16.8. The summed E-state index contributed by atoms with van der Waals surface area (Å²) in [6.07, 6.45) is 3.51. The van der Waals surface area contributed by atoms with Crippen molar-refractivity contribution in [1.82, 2.24) is 19.6 Å². The molecular formula is C35H36N6OSi. The number of aromatic nitrogens is 3. The summed E-state index contributed by atoms with van der Waals surface area (Å²) < 4.78 is 1.50. The van der Waals surface area contributed by atoms with Crippen LogP contribution in [0, 0.1) is 18.4 Å². The summed E-state index contributed by atoms with van der Waals surface area (Å²) in [5.74, 6) is 3.39. The first-order chi connectivity index (χ1) is 20.8. The molecule has 1 saturated heterocycles. The Morgan fingerprint density at radius 3 is 2.19 bits per heavy atom. The van der Waals surface area contributed by atoms with Crippen molar-refractivity contribution in [3.8, 4) is 45.0 Å². The summed E-state index contributed by atoms with van der Waals surface area (Å²) >= 11 is 0. The molecule has 0 radical (unpaired) electrons. The molecule has 7 nitrogen and oxygen atoms in total. The highest BCUT2D eigenvalue weighted by Gasteiger charge is 2.22. The number of H-pyrrole nitrogens is 1. The van der Waals surface area contributed by atoms with Gasteiger partial charge in [-0.05, 0) is 49.4 Å². The third kappa shape index (κ3) is 6.08. The molecule has 3 aromatic carbocycles. The van der Waals surface area contributed by atoms with E-state index in [-0.39, 0.29) is 5.56 Å². The second kappa shape index (κ2) is 11.9. The van der Waals surface area contributed by atoms with E-state index in [0.29, 0.717) is 16.9 Å². The van der Waals surface area contributed by atoms with Crippen molar-refractivity contribution in [3.05, 3.63) is 100 Å². The molecule has 1 fully saturated rings. The summed E-state index contributed by atoms with van der Waals surface area (Å²) in [7, 11) is -1.67. The van der Waals surface area contributed by atoms with E-state index in [1.165, 1.54) is 10.9 Å². The van der Waals surface area contributed by atoms with Crippen LogP contribution in [-0.2, 0) is 0 Å². The Bertz CT molecular complexity index is 1920. The molecule has 0 spiro atoms. The van der Waals surface area contributed by atoms with Crippen LogP contribution in [0.3, 0.4) is 0 Å². The highest BCUT2D eigenvalue weighted by Crippen LogP contribution is 2.35. The standard InChI is InChI=1S/C35H36N6OSi/c1-25-31(29-18-19-30(28(24-29)20-23-43(2,3)4)37-39-40-21-12-7-13-22-40)35(42)41-34(36-25)32(26-14-8-5-9-15-26)33(38-41)27-16-10-6-11-17-27/h5-6,8-11,14-19,24,36H,7,12-13,21-22H2,1-4H3. The van der Waals surface area contributed by atoms with E-state index < -0.39 is 8.07 Å². The van der Waals surface area contributed by atoms with Crippen LogP contribution in [0.4, 0.5) is 5.69 Å². The average Bonchev–Trinajstić information content (AvgIpc) is 3.40. The van der Waals surface area contributed by atoms with Crippen LogP contribution >= 0.6 is 0 Å². The van der Waals surface area contributed by atoms with Crippen molar-refractivity contribution in [2.75, 3.05) is 13.1 Å². The lowest BCUT2D eigenvalue weighted by Crippen LogP contribution is -2.23. The number of piperidine rings is 1. The van der Waals surface area contributed by atoms with E-state index in [1.54, 1.807) is 0 Å².